The van der Waals surface area contributed by atoms with Crippen LogP contribution in [0.5, 0.6) is 5.75 Å². The maximum Gasteiger partial charge on any atom is 0.339 e. The van der Waals surface area contributed by atoms with E-state index in [2.05, 4.69) is 12.1 Å². The molecule has 2 aromatic carbocycles. The van der Waals surface area contributed by atoms with Crippen molar-refractivity contribution >= 4 is 11.0 Å². The van der Waals surface area contributed by atoms with E-state index in [1.54, 1.807) is 13.0 Å². The topological polar surface area (TPSA) is 39.4 Å². The SMILES string of the molecule is Cc1c(C)c2ccc(OCCCc3ccccc3)cc2oc1=O. The average Bonchev–Trinajstić information content (AvgIpc) is 2.57. The Kier molecular flexibility index (Phi) is 4.47. The van der Waals surface area contributed by atoms with Crippen molar-refractivity contribution in [2.75, 3.05) is 6.61 Å². The summed E-state index contributed by atoms with van der Waals surface area (Å²) >= 11 is 0. The second-order valence-corrected chi connectivity index (χ2v) is 5.74. The van der Waals surface area contributed by atoms with Crippen LogP contribution in [-0.4, -0.2) is 6.61 Å². The molecule has 0 bridgehead atoms. The highest BCUT2D eigenvalue weighted by molar-refractivity contribution is 5.82. The standard InChI is InChI=1S/C20H20O3/c1-14-15(2)20(21)23-19-13-17(10-11-18(14)19)22-12-6-9-16-7-4-3-5-8-16/h3-5,7-8,10-11,13H,6,9,12H2,1-2H3. The van der Waals surface area contributed by atoms with Gasteiger partial charge in [-0.15, -0.1) is 0 Å². The summed E-state index contributed by atoms with van der Waals surface area (Å²) in [6.45, 7) is 4.36. The first-order valence-electron chi connectivity index (χ1n) is 7.86. The van der Waals surface area contributed by atoms with Crippen LogP contribution in [0.4, 0.5) is 0 Å². The lowest BCUT2D eigenvalue weighted by atomic mass is 10.1. The maximum absolute atomic E-state index is 11.8. The Balaban J connectivity index is 1.67. The van der Waals surface area contributed by atoms with E-state index in [1.807, 2.05) is 37.3 Å². The third-order valence-corrected chi connectivity index (χ3v) is 4.15. The highest BCUT2D eigenvalue weighted by atomic mass is 16.5. The van der Waals surface area contributed by atoms with Crippen LogP contribution in [-0.2, 0) is 6.42 Å². The second kappa shape index (κ2) is 6.69. The lowest BCUT2D eigenvalue weighted by Crippen LogP contribution is -2.06. The molecule has 1 aromatic heterocycles. The molecule has 0 unspecified atom stereocenters. The molecule has 3 nitrogen and oxygen atoms in total. The van der Waals surface area contributed by atoms with Crippen molar-refractivity contribution < 1.29 is 9.15 Å². The normalized spacial score (nSPS) is 10.9. The van der Waals surface area contributed by atoms with E-state index in [4.69, 9.17) is 9.15 Å². The van der Waals surface area contributed by atoms with E-state index in [9.17, 15) is 4.79 Å². The number of ether oxygens (including phenoxy) is 1. The summed E-state index contributed by atoms with van der Waals surface area (Å²) in [7, 11) is 0. The first-order valence-corrected chi connectivity index (χ1v) is 7.86. The van der Waals surface area contributed by atoms with Gasteiger partial charge in [0, 0.05) is 17.0 Å². The zero-order chi connectivity index (χ0) is 16.2. The minimum absolute atomic E-state index is 0.281. The first kappa shape index (κ1) is 15.3. The van der Waals surface area contributed by atoms with Crippen molar-refractivity contribution in [1.82, 2.24) is 0 Å². The fourth-order valence-corrected chi connectivity index (χ4v) is 2.63. The van der Waals surface area contributed by atoms with Crippen LogP contribution >= 0.6 is 0 Å². The highest BCUT2D eigenvalue weighted by Gasteiger charge is 2.08. The summed E-state index contributed by atoms with van der Waals surface area (Å²) in [5.41, 5.74) is 3.24. The number of benzene rings is 2. The highest BCUT2D eigenvalue weighted by Crippen LogP contribution is 2.24. The lowest BCUT2D eigenvalue weighted by molar-refractivity contribution is 0.311. The average molecular weight is 308 g/mol. The first-order chi connectivity index (χ1) is 11.1. The molecular weight excluding hydrogens is 288 g/mol. The molecule has 0 aliphatic rings. The largest absolute Gasteiger partial charge is 0.493 e. The fourth-order valence-electron chi connectivity index (χ4n) is 2.63. The molecular formula is C20H20O3. The summed E-state index contributed by atoms with van der Waals surface area (Å²) < 4.78 is 11.1. The van der Waals surface area contributed by atoms with Gasteiger partial charge in [-0.25, -0.2) is 4.79 Å². The van der Waals surface area contributed by atoms with Crippen LogP contribution < -0.4 is 10.4 Å². The second-order valence-electron chi connectivity index (χ2n) is 5.74. The van der Waals surface area contributed by atoms with E-state index in [-0.39, 0.29) is 5.63 Å². The molecule has 0 saturated heterocycles. The van der Waals surface area contributed by atoms with Gasteiger partial charge in [0.15, 0.2) is 0 Å². The van der Waals surface area contributed by atoms with Gasteiger partial charge >= 0.3 is 5.63 Å². The molecule has 0 aliphatic heterocycles. The van der Waals surface area contributed by atoms with E-state index >= 15 is 0 Å². The van der Waals surface area contributed by atoms with Crippen molar-refractivity contribution in [3.05, 3.63) is 75.6 Å². The summed E-state index contributed by atoms with van der Waals surface area (Å²) in [5.74, 6) is 0.733. The van der Waals surface area contributed by atoms with Gasteiger partial charge in [-0.2, -0.15) is 0 Å². The van der Waals surface area contributed by atoms with Gasteiger partial charge in [0.05, 0.1) is 6.61 Å². The molecule has 0 aliphatic carbocycles. The van der Waals surface area contributed by atoms with Gasteiger partial charge in [0.25, 0.3) is 0 Å². The van der Waals surface area contributed by atoms with E-state index < -0.39 is 0 Å². The van der Waals surface area contributed by atoms with Gasteiger partial charge in [0.1, 0.15) is 11.3 Å². The number of hydrogen-bond donors (Lipinski definition) is 0. The molecule has 23 heavy (non-hydrogen) atoms. The van der Waals surface area contributed by atoms with E-state index in [0.717, 1.165) is 29.5 Å². The van der Waals surface area contributed by atoms with Crippen molar-refractivity contribution in [1.29, 1.82) is 0 Å². The molecule has 3 heteroatoms. The Morgan fingerprint density at radius 1 is 1.00 bits per heavy atom. The molecule has 0 atom stereocenters. The van der Waals surface area contributed by atoms with Crippen LogP contribution in [0.2, 0.25) is 0 Å². The summed E-state index contributed by atoms with van der Waals surface area (Å²) in [4.78, 5) is 11.8. The molecule has 0 amide bonds. The Bertz CT molecular complexity index is 863. The van der Waals surface area contributed by atoms with Gasteiger partial charge < -0.3 is 9.15 Å². The minimum Gasteiger partial charge on any atom is -0.493 e. The quantitative estimate of drug-likeness (QED) is 0.517. The Labute approximate surface area is 135 Å². The summed E-state index contributed by atoms with van der Waals surface area (Å²) in [5, 5.41) is 0.957. The van der Waals surface area contributed by atoms with Crippen LogP contribution in [0.25, 0.3) is 11.0 Å². The summed E-state index contributed by atoms with van der Waals surface area (Å²) in [6, 6.07) is 16.0. The zero-order valence-corrected chi connectivity index (χ0v) is 13.5. The van der Waals surface area contributed by atoms with Crippen molar-refractivity contribution in [2.24, 2.45) is 0 Å². The Hall–Kier alpha value is -2.55. The van der Waals surface area contributed by atoms with Crippen LogP contribution in [0.15, 0.2) is 57.7 Å². The minimum atomic E-state index is -0.281. The molecule has 3 rings (SSSR count). The third kappa shape index (κ3) is 3.45. The third-order valence-electron chi connectivity index (χ3n) is 4.15. The molecule has 118 valence electrons. The smallest absolute Gasteiger partial charge is 0.339 e. The molecule has 0 spiro atoms. The monoisotopic (exact) mass is 308 g/mol. The molecule has 0 radical (unpaired) electrons. The molecule has 0 fully saturated rings. The molecule has 0 saturated carbocycles. The van der Waals surface area contributed by atoms with Crippen LogP contribution in [0, 0.1) is 13.8 Å². The molecule has 3 aromatic rings. The van der Waals surface area contributed by atoms with Crippen molar-refractivity contribution in [3.8, 4) is 5.75 Å². The lowest BCUT2D eigenvalue weighted by Gasteiger charge is -2.08. The predicted octanol–water partition coefficient (Wildman–Crippen LogP) is 4.42. The van der Waals surface area contributed by atoms with Gasteiger partial charge in [-0.05, 0) is 49.9 Å². The summed E-state index contributed by atoms with van der Waals surface area (Å²) in [6.07, 6.45) is 1.93. The maximum atomic E-state index is 11.8. The van der Waals surface area contributed by atoms with Gasteiger partial charge in [0.2, 0.25) is 0 Å². The zero-order valence-electron chi connectivity index (χ0n) is 13.5. The van der Waals surface area contributed by atoms with Gasteiger partial charge in [-0.3, -0.25) is 0 Å². The molecule has 0 N–H and O–H groups in total. The van der Waals surface area contributed by atoms with Crippen LogP contribution in [0.1, 0.15) is 23.1 Å². The number of aryl methyl sites for hydroxylation is 2. The Morgan fingerprint density at radius 3 is 2.57 bits per heavy atom. The number of hydrogen-bond acceptors (Lipinski definition) is 3. The molecule has 1 heterocycles. The van der Waals surface area contributed by atoms with Gasteiger partial charge in [-0.1, -0.05) is 30.3 Å². The van der Waals surface area contributed by atoms with Crippen molar-refractivity contribution in [3.63, 3.8) is 0 Å². The van der Waals surface area contributed by atoms with Crippen molar-refractivity contribution in [2.45, 2.75) is 26.7 Å². The number of rotatable bonds is 5. The fraction of sp³-hybridized carbons (Fsp3) is 0.250. The van der Waals surface area contributed by atoms with E-state index in [1.165, 1.54) is 5.56 Å². The number of fused-ring (bicyclic) bond motifs is 1. The van der Waals surface area contributed by atoms with E-state index in [0.29, 0.717) is 17.8 Å². The van der Waals surface area contributed by atoms with Crippen LogP contribution in [0.3, 0.4) is 0 Å². The predicted molar refractivity (Wildman–Crippen MR) is 92.2 cm³/mol. The Morgan fingerprint density at radius 2 is 1.78 bits per heavy atom.